The lowest BCUT2D eigenvalue weighted by Crippen LogP contribution is -2.11. The maximum absolute atomic E-state index is 13.7. The van der Waals surface area contributed by atoms with Crippen LogP contribution in [0.2, 0.25) is 0 Å². The first-order chi connectivity index (χ1) is 8.95. The molecule has 1 aromatic heterocycles. The van der Waals surface area contributed by atoms with Gasteiger partial charge >= 0.3 is 0 Å². The number of rotatable bonds is 2. The van der Waals surface area contributed by atoms with Crippen LogP contribution in [0.5, 0.6) is 0 Å². The van der Waals surface area contributed by atoms with E-state index >= 15 is 0 Å². The van der Waals surface area contributed by atoms with Crippen LogP contribution in [0.1, 0.15) is 5.56 Å². The molecule has 98 valence electrons. The van der Waals surface area contributed by atoms with Gasteiger partial charge in [0.15, 0.2) is 11.6 Å². The first kappa shape index (κ1) is 12.8. The number of nitrogens with zero attached hydrogens (tertiary/aromatic N) is 4. The van der Waals surface area contributed by atoms with Gasteiger partial charge in [-0.2, -0.15) is 5.26 Å². The van der Waals surface area contributed by atoms with Gasteiger partial charge in [0, 0.05) is 20.2 Å². The van der Waals surface area contributed by atoms with Gasteiger partial charge in [0.2, 0.25) is 0 Å². The number of aromatic nitrogens is 2. The van der Waals surface area contributed by atoms with Crippen molar-refractivity contribution in [2.45, 2.75) is 0 Å². The maximum Gasteiger partial charge on any atom is 0.170 e. The minimum absolute atomic E-state index is 0.0106. The van der Waals surface area contributed by atoms with Gasteiger partial charge < -0.3 is 10.6 Å². The molecule has 1 aromatic carbocycles. The van der Waals surface area contributed by atoms with Crippen LogP contribution in [0, 0.1) is 23.0 Å². The second-order valence-corrected chi connectivity index (χ2v) is 4.10. The molecule has 0 saturated heterocycles. The molecule has 2 aromatic rings. The van der Waals surface area contributed by atoms with E-state index in [1.165, 1.54) is 6.07 Å². The Hall–Kier alpha value is -2.62. The number of hydrogen-bond donors (Lipinski definition) is 1. The third-order valence-electron chi connectivity index (χ3n) is 2.58. The zero-order chi connectivity index (χ0) is 14.2. The van der Waals surface area contributed by atoms with E-state index in [1.54, 1.807) is 19.0 Å². The zero-order valence-corrected chi connectivity index (χ0v) is 10.4. The fourth-order valence-corrected chi connectivity index (χ4v) is 1.68. The van der Waals surface area contributed by atoms with Gasteiger partial charge in [0.1, 0.15) is 29.0 Å². The number of anilines is 2. The molecule has 0 radical (unpaired) electrons. The summed E-state index contributed by atoms with van der Waals surface area (Å²) in [5, 5.41) is 13.1. The summed E-state index contributed by atoms with van der Waals surface area (Å²) < 4.78 is 27.7. The number of halogens is 2. The Labute approximate surface area is 108 Å². The van der Waals surface area contributed by atoms with Crippen molar-refractivity contribution in [2.75, 3.05) is 24.7 Å². The smallest absolute Gasteiger partial charge is 0.170 e. The number of benzene rings is 1. The Bertz CT molecular complexity index is 669. The molecule has 2 rings (SSSR count). The summed E-state index contributed by atoms with van der Waals surface area (Å²) in [6.07, 6.45) is 0. The van der Waals surface area contributed by atoms with Gasteiger partial charge in [0.05, 0.1) is 0 Å². The Morgan fingerprint density at radius 2 is 2.05 bits per heavy atom. The van der Waals surface area contributed by atoms with Crippen LogP contribution in [0.3, 0.4) is 0 Å². The van der Waals surface area contributed by atoms with Gasteiger partial charge in [-0.05, 0) is 12.1 Å². The molecule has 19 heavy (non-hydrogen) atoms. The van der Waals surface area contributed by atoms with E-state index in [0.29, 0.717) is 5.82 Å². The summed E-state index contributed by atoms with van der Waals surface area (Å²) >= 11 is 0. The molecule has 2 N–H and O–H groups in total. The maximum atomic E-state index is 13.7. The topological polar surface area (TPSA) is 70.9 Å². The molecule has 1 heterocycles. The molecule has 0 bridgehead atoms. The Morgan fingerprint density at radius 1 is 1.37 bits per heavy atom. The molecule has 7 heteroatoms. The van der Waals surface area contributed by atoms with Crippen molar-refractivity contribution in [2.24, 2.45) is 0 Å². The molecular weight excluding hydrogens is 252 g/mol. The van der Waals surface area contributed by atoms with Crippen molar-refractivity contribution in [1.82, 2.24) is 9.78 Å². The highest BCUT2D eigenvalue weighted by Gasteiger charge is 2.19. The quantitative estimate of drug-likeness (QED) is 0.894. The van der Waals surface area contributed by atoms with Crippen molar-refractivity contribution in [3.05, 3.63) is 35.4 Å². The largest absolute Gasteiger partial charge is 0.382 e. The average Bonchev–Trinajstić information content (AvgIpc) is 2.66. The van der Waals surface area contributed by atoms with E-state index in [9.17, 15) is 8.78 Å². The van der Waals surface area contributed by atoms with Crippen molar-refractivity contribution in [3.63, 3.8) is 0 Å². The lowest BCUT2D eigenvalue weighted by molar-refractivity contribution is 0.574. The van der Waals surface area contributed by atoms with Crippen molar-refractivity contribution >= 4 is 11.6 Å². The first-order valence-electron chi connectivity index (χ1n) is 5.37. The molecule has 0 fully saturated rings. The van der Waals surface area contributed by atoms with Gasteiger partial charge in [-0.15, -0.1) is 5.10 Å². The monoisotopic (exact) mass is 263 g/mol. The normalized spacial score (nSPS) is 10.3. The fraction of sp³-hybridized carbons (Fsp3) is 0.167. The van der Waals surface area contributed by atoms with E-state index in [4.69, 9.17) is 11.0 Å². The van der Waals surface area contributed by atoms with Gasteiger partial charge in [-0.3, -0.25) is 0 Å². The molecule has 0 atom stereocenters. The summed E-state index contributed by atoms with van der Waals surface area (Å²) in [6, 6.07) is 4.97. The van der Waals surface area contributed by atoms with Crippen molar-refractivity contribution < 1.29 is 8.78 Å². The van der Waals surface area contributed by atoms with E-state index in [1.807, 2.05) is 6.07 Å². The molecule has 0 amide bonds. The number of hydrogen-bond acceptors (Lipinski definition) is 4. The van der Waals surface area contributed by atoms with Gasteiger partial charge in [-0.1, -0.05) is 0 Å². The summed E-state index contributed by atoms with van der Waals surface area (Å²) in [7, 11) is 3.38. The lowest BCUT2D eigenvalue weighted by Gasteiger charge is -2.07. The van der Waals surface area contributed by atoms with Crippen LogP contribution in [0.4, 0.5) is 20.4 Å². The van der Waals surface area contributed by atoms with Crippen LogP contribution in [-0.4, -0.2) is 23.9 Å². The number of nitriles is 1. The third-order valence-corrected chi connectivity index (χ3v) is 2.58. The van der Waals surface area contributed by atoms with E-state index < -0.39 is 11.6 Å². The molecule has 0 aliphatic carbocycles. The minimum Gasteiger partial charge on any atom is -0.382 e. The summed E-state index contributed by atoms with van der Waals surface area (Å²) in [4.78, 5) is 1.59. The third kappa shape index (κ3) is 2.08. The molecule has 0 aliphatic rings. The average molecular weight is 263 g/mol. The van der Waals surface area contributed by atoms with Crippen LogP contribution in [-0.2, 0) is 0 Å². The molecule has 5 nitrogen and oxygen atoms in total. The van der Waals surface area contributed by atoms with Crippen molar-refractivity contribution in [1.29, 1.82) is 5.26 Å². The fourth-order valence-electron chi connectivity index (χ4n) is 1.68. The van der Waals surface area contributed by atoms with E-state index in [0.717, 1.165) is 16.8 Å². The van der Waals surface area contributed by atoms with Gasteiger partial charge in [0.25, 0.3) is 0 Å². The molecule has 0 saturated carbocycles. The molecular formula is C12H11F2N5. The van der Waals surface area contributed by atoms with Crippen LogP contribution in [0.25, 0.3) is 5.69 Å². The highest BCUT2D eigenvalue weighted by Crippen LogP contribution is 2.27. The molecule has 0 aliphatic heterocycles. The molecule has 0 unspecified atom stereocenters. The SMILES string of the molecule is CN(C)c1nn(-c2ccc(F)cc2F)c(N)c1C#N. The second-order valence-electron chi connectivity index (χ2n) is 4.10. The predicted octanol–water partition coefficient (Wildman–Crippen LogP) is 1.67. The minimum atomic E-state index is -0.802. The molecule has 0 spiro atoms. The first-order valence-corrected chi connectivity index (χ1v) is 5.37. The summed E-state index contributed by atoms with van der Waals surface area (Å²) in [5.74, 6) is -1.16. The zero-order valence-electron chi connectivity index (χ0n) is 10.4. The standard InChI is InChI=1S/C12H11F2N5/c1-18(2)12-8(6-15)11(16)19(17-12)10-4-3-7(13)5-9(10)14/h3-5H,16H2,1-2H3. The van der Waals surface area contributed by atoms with Crippen LogP contribution in [0.15, 0.2) is 18.2 Å². The highest BCUT2D eigenvalue weighted by molar-refractivity contribution is 5.66. The summed E-state index contributed by atoms with van der Waals surface area (Å²) in [5.41, 5.74) is 5.92. The lowest BCUT2D eigenvalue weighted by atomic mass is 10.3. The van der Waals surface area contributed by atoms with Gasteiger partial charge in [-0.25, -0.2) is 13.5 Å². The number of nitrogen functional groups attached to an aromatic ring is 1. The van der Waals surface area contributed by atoms with E-state index in [2.05, 4.69) is 5.10 Å². The Balaban J connectivity index is 2.67. The predicted molar refractivity (Wildman–Crippen MR) is 66.9 cm³/mol. The number of nitrogens with two attached hydrogens (primary N) is 1. The highest BCUT2D eigenvalue weighted by atomic mass is 19.1. The van der Waals surface area contributed by atoms with Crippen LogP contribution >= 0.6 is 0 Å². The van der Waals surface area contributed by atoms with Crippen molar-refractivity contribution in [3.8, 4) is 11.8 Å². The Morgan fingerprint density at radius 3 is 2.53 bits per heavy atom. The Kier molecular flexibility index (Phi) is 3.09. The summed E-state index contributed by atoms with van der Waals surface area (Å²) in [6.45, 7) is 0. The second kappa shape index (κ2) is 4.57. The van der Waals surface area contributed by atoms with E-state index in [-0.39, 0.29) is 17.1 Å². The van der Waals surface area contributed by atoms with Crippen LogP contribution < -0.4 is 10.6 Å².